The van der Waals surface area contributed by atoms with Gasteiger partial charge in [0.05, 0.1) is 31.3 Å². The Morgan fingerprint density at radius 2 is 0.667 bits per heavy atom. The van der Waals surface area contributed by atoms with Gasteiger partial charge in [0.15, 0.2) is 0 Å². The molecular weight excluding hydrogens is 631 g/mol. The zero-order chi connectivity index (χ0) is 37.3. The third-order valence-electron chi connectivity index (χ3n) is 11.2. The van der Waals surface area contributed by atoms with Crippen molar-refractivity contribution in [2.75, 3.05) is 6.61 Å². The number of aliphatic hydroxyl groups is 3. The Morgan fingerprint density at radius 3 is 0.941 bits per heavy atom. The molecule has 0 aliphatic heterocycles. The van der Waals surface area contributed by atoms with E-state index in [0.29, 0.717) is 12.8 Å². The van der Waals surface area contributed by atoms with E-state index in [4.69, 9.17) is 0 Å². The minimum absolute atomic E-state index is 0.0426. The Hall–Kier alpha value is -0.650. The molecule has 0 spiro atoms. The summed E-state index contributed by atoms with van der Waals surface area (Å²) in [6.07, 6.45) is 48.0. The van der Waals surface area contributed by atoms with E-state index in [1.165, 1.54) is 205 Å². The second-order valence-corrected chi connectivity index (χ2v) is 16.4. The van der Waals surface area contributed by atoms with Crippen molar-refractivity contribution in [1.29, 1.82) is 0 Å². The molecular formula is C46H93NO4. The molecule has 0 heterocycles. The van der Waals surface area contributed by atoms with Gasteiger partial charge >= 0.3 is 0 Å². The van der Waals surface area contributed by atoms with Crippen molar-refractivity contribution in [3.05, 3.63) is 0 Å². The molecule has 0 aromatic rings. The van der Waals surface area contributed by atoms with Crippen molar-refractivity contribution in [1.82, 2.24) is 5.32 Å². The summed E-state index contributed by atoms with van der Waals surface area (Å²) in [6, 6.07) is -0.652. The molecule has 0 rings (SSSR count). The molecule has 4 N–H and O–H groups in total. The van der Waals surface area contributed by atoms with Gasteiger partial charge in [-0.3, -0.25) is 4.79 Å². The Balaban J connectivity index is 3.53. The van der Waals surface area contributed by atoms with E-state index in [1.54, 1.807) is 0 Å². The van der Waals surface area contributed by atoms with Crippen molar-refractivity contribution in [2.45, 2.75) is 283 Å². The van der Waals surface area contributed by atoms with E-state index in [9.17, 15) is 20.1 Å². The number of amides is 1. The van der Waals surface area contributed by atoms with Crippen LogP contribution in [0.4, 0.5) is 0 Å². The van der Waals surface area contributed by atoms with E-state index < -0.39 is 18.2 Å². The maximum atomic E-state index is 12.4. The molecule has 0 aliphatic carbocycles. The number of unbranched alkanes of at least 4 members (excludes halogenated alkanes) is 34. The Labute approximate surface area is 319 Å². The summed E-state index contributed by atoms with van der Waals surface area (Å²) in [5.41, 5.74) is 0. The van der Waals surface area contributed by atoms with Crippen LogP contribution in [-0.2, 0) is 4.79 Å². The molecule has 0 aromatic heterocycles. The zero-order valence-corrected chi connectivity index (χ0v) is 34.8. The van der Waals surface area contributed by atoms with Gasteiger partial charge in [-0.2, -0.15) is 0 Å². The Bertz CT molecular complexity index is 674. The van der Waals surface area contributed by atoms with Crippen LogP contribution in [0.2, 0.25) is 0 Å². The first-order valence-corrected chi connectivity index (χ1v) is 23.3. The van der Waals surface area contributed by atoms with Crippen LogP contribution in [0.3, 0.4) is 0 Å². The SMILES string of the molecule is CCCCCCCCCCCCCCCCCCCCCCCCCC(O)C(CO)NC(=O)CC(O)CCCCCCCCCCCCCCC. The summed E-state index contributed by atoms with van der Waals surface area (Å²) in [5.74, 6) is -0.278. The normalized spacial score (nSPS) is 13.4. The molecule has 0 radical (unpaired) electrons. The van der Waals surface area contributed by atoms with Crippen LogP contribution in [0.5, 0.6) is 0 Å². The zero-order valence-electron chi connectivity index (χ0n) is 34.8. The second-order valence-electron chi connectivity index (χ2n) is 16.4. The molecule has 51 heavy (non-hydrogen) atoms. The summed E-state index contributed by atoms with van der Waals surface area (Å²) in [4.78, 5) is 12.4. The van der Waals surface area contributed by atoms with Gasteiger partial charge in [-0.1, -0.05) is 245 Å². The molecule has 0 aromatic carbocycles. The fourth-order valence-electron chi connectivity index (χ4n) is 7.58. The minimum Gasteiger partial charge on any atom is -0.394 e. The van der Waals surface area contributed by atoms with E-state index in [1.807, 2.05) is 0 Å². The molecule has 5 nitrogen and oxygen atoms in total. The highest BCUT2D eigenvalue weighted by Gasteiger charge is 2.21. The quantitative estimate of drug-likeness (QED) is 0.0472. The van der Waals surface area contributed by atoms with Gasteiger partial charge in [-0.15, -0.1) is 0 Å². The highest BCUT2D eigenvalue weighted by atomic mass is 16.3. The van der Waals surface area contributed by atoms with Gasteiger partial charge in [-0.25, -0.2) is 0 Å². The second kappa shape index (κ2) is 42.1. The lowest BCUT2D eigenvalue weighted by Gasteiger charge is -2.23. The predicted molar refractivity (Wildman–Crippen MR) is 222 cm³/mol. The summed E-state index contributed by atoms with van der Waals surface area (Å²) < 4.78 is 0. The lowest BCUT2D eigenvalue weighted by atomic mass is 10.0. The molecule has 0 saturated carbocycles. The molecule has 3 unspecified atom stereocenters. The van der Waals surface area contributed by atoms with Gasteiger partial charge in [0.2, 0.25) is 5.91 Å². The number of hydrogen-bond acceptors (Lipinski definition) is 4. The first-order valence-electron chi connectivity index (χ1n) is 23.3. The molecule has 0 fully saturated rings. The lowest BCUT2D eigenvalue weighted by molar-refractivity contribution is -0.125. The van der Waals surface area contributed by atoms with Crippen LogP contribution in [0.15, 0.2) is 0 Å². The molecule has 3 atom stereocenters. The fraction of sp³-hybridized carbons (Fsp3) is 0.978. The number of nitrogens with one attached hydrogen (secondary N) is 1. The molecule has 0 saturated heterocycles. The van der Waals surface area contributed by atoms with Crippen molar-refractivity contribution in [3.8, 4) is 0 Å². The molecule has 1 amide bonds. The average molecular weight is 724 g/mol. The van der Waals surface area contributed by atoms with Crippen molar-refractivity contribution in [2.24, 2.45) is 0 Å². The maximum absolute atomic E-state index is 12.4. The van der Waals surface area contributed by atoms with Crippen molar-refractivity contribution >= 4 is 5.91 Å². The monoisotopic (exact) mass is 724 g/mol. The van der Waals surface area contributed by atoms with Crippen LogP contribution < -0.4 is 5.32 Å². The predicted octanol–water partition coefficient (Wildman–Crippen LogP) is 13.4. The van der Waals surface area contributed by atoms with Gasteiger partial charge in [0.25, 0.3) is 0 Å². The third-order valence-corrected chi connectivity index (χ3v) is 11.2. The van der Waals surface area contributed by atoms with E-state index in [2.05, 4.69) is 19.2 Å². The number of aliphatic hydroxyl groups excluding tert-OH is 3. The summed E-state index contributed by atoms with van der Waals surface area (Å²) in [6.45, 7) is 4.28. The van der Waals surface area contributed by atoms with Crippen LogP contribution >= 0.6 is 0 Å². The van der Waals surface area contributed by atoms with Gasteiger partial charge < -0.3 is 20.6 Å². The van der Waals surface area contributed by atoms with E-state index in [-0.39, 0.29) is 18.9 Å². The van der Waals surface area contributed by atoms with Crippen LogP contribution in [0.1, 0.15) is 264 Å². The van der Waals surface area contributed by atoms with Gasteiger partial charge in [0, 0.05) is 0 Å². The summed E-state index contributed by atoms with van der Waals surface area (Å²) in [5, 5.41) is 33.4. The summed E-state index contributed by atoms with van der Waals surface area (Å²) >= 11 is 0. The minimum atomic E-state index is -0.743. The highest BCUT2D eigenvalue weighted by Crippen LogP contribution is 2.17. The maximum Gasteiger partial charge on any atom is 0.222 e. The fourth-order valence-corrected chi connectivity index (χ4v) is 7.58. The first kappa shape index (κ1) is 50.4. The van der Waals surface area contributed by atoms with Gasteiger partial charge in [-0.05, 0) is 12.8 Å². The third kappa shape index (κ3) is 38.9. The van der Waals surface area contributed by atoms with Crippen LogP contribution in [-0.4, -0.2) is 46.1 Å². The molecule has 0 aliphatic rings. The van der Waals surface area contributed by atoms with E-state index in [0.717, 1.165) is 25.7 Å². The van der Waals surface area contributed by atoms with Gasteiger partial charge in [0.1, 0.15) is 0 Å². The average Bonchev–Trinajstić information content (AvgIpc) is 3.12. The van der Waals surface area contributed by atoms with Crippen molar-refractivity contribution in [3.63, 3.8) is 0 Å². The molecule has 306 valence electrons. The smallest absolute Gasteiger partial charge is 0.222 e. The number of carbonyl (C=O) groups is 1. The lowest BCUT2D eigenvalue weighted by Crippen LogP contribution is -2.46. The summed E-state index contributed by atoms with van der Waals surface area (Å²) in [7, 11) is 0. The molecule has 0 bridgehead atoms. The van der Waals surface area contributed by atoms with E-state index >= 15 is 0 Å². The van der Waals surface area contributed by atoms with Crippen LogP contribution in [0, 0.1) is 0 Å². The topological polar surface area (TPSA) is 89.8 Å². The Kier molecular flexibility index (Phi) is 41.6. The van der Waals surface area contributed by atoms with Crippen LogP contribution in [0.25, 0.3) is 0 Å². The largest absolute Gasteiger partial charge is 0.394 e. The number of rotatable bonds is 43. The highest BCUT2D eigenvalue weighted by molar-refractivity contribution is 5.76. The first-order chi connectivity index (χ1) is 25.0. The Morgan fingerprint density at radius 1 is 0.412 bits per heavy atom. The molecule has 5 heteroatoms. The van der Waals surface area contributed by atoms with Crippen molar-refractivity contribution < 1.29 is 20.1 Å². The standard InChI is InChI=1S/C46H93NO4/c1-3-5-7-9-11-13-15-17-18-19-20-21-22-23-24-25-26-28-30-32-34-36-38-40-45(50)44(42-48)47-46(51)41-43(49)39-37-35-33-31-29-27-16-14-12-10-8-6-4-2/h43-45,48-50H,3-42H2,1-2H3,(H,47,51). The number of carbonyl (C=O) groups excluding carboxylic acids is 1. The number of hydrogen-bond donors (Lipinski definition) is 4.